The Bertz CT molecular complexity index is 2170. The van der Waals surface area contributed by atoms with Crippen LogP contribution in [0.25, 0.3) is 0 Å². The number of carbonyl (C=O) groups excluding carboxylic acids is 4. The van der Waals surface area contributed by atoms with Gasteiger partial charge < -0.3 is 59.6 Å². The van der Waals surface area contributed by atoms with E-state index in [4.69, 9.17) is 33.9 Å². The van der Waals surface area contributed by atoms with Crippen LogP contribution < -0.4 is 15.4 Å². The Morgan fingerprint density at radius 1 is 0.620 bits per heavy atom. The first-order valence-electron chi connectivity index (χ1n) is 28.8. The van der Waals surface area contributed by atoms with Crippen molar-refractivity contribution in [1.82, 2.24) is 15.5 Å². The Morgan fingerprint density at radius 2 is 1.10 bits per heavy atom. The van der Waals surface area contributed by atoms with Gasteiger partial charge in [0.05, 0.1) is 74.1 Å². The van der Waals surface area contributed by atoms with E-state index in [1.165, 1.54) is 16.0 Å². The predicted octanol–water partition coefficient (Wildman–Crippen LogP) is 6.76. The Kier molecular flexibility index (Phi) is 26.8. The van der Waals surface area contributed by atoms with Crippen LogP contribution in [0.3, 0.4) is 0 Å². The molecular weight excluding hydrogens is 1040 g/mol. The number of aryl methyl sites for hydroxylation is 2. The summed E-state index contributed by atoms with van der Waals surface area (Å²) >= 11 is 4.03. The van der Waals surface area contributed by atoms with Gasteiger partial charge >= 0.3 is 29.8 Å². The predicted molar refractivity (Wildman–Crippen MR) is 294 cm³/mol. The second kappa shape index (κ2) is 32.6. The number of likely N-dealkylation sites (tertiary alicyclic amines) is 1. The molecule has 1 aromatic carbocycles. The molecule has 0 aromatic heterocycles. The number of hydrogen-bond acceptors (Lipinski definition) is 14. The maximum atomic E-state index is 13.6. The van der Waals surface area contributed by atoms with Gasteiger partial charge in [-0.2, -0.15) is 12.6 Å². The lowest BCUT2D eigenvalue weighted by Gasteiger charge is -2.34. The average molecular weight is 1130 g/mol. The van der Waals surface area contributed by atoms with Crippen molar-refractivity contribution in [2.75, 3.05) is 66.2 Å². The summed E-state index contributed by atoms with van der Waals surface area (Å²) in [5.41, 5.74) is 1.24. The molecule has 1 aromatic rings. The molecular formula is C58H89N3O17S. The van der Waals surface area contributed by atoms with Crippen molar-refractivity contribution < 1.29 is 82.5 Å². The number of ether oxygens (including phenoxy) is 5. The van der Waals surface area contributed by atoms with Crippen LogP contribution in [0.1, 0.15) is 153 Å². The number of carboxylic acid groups (broad SMARTS) is 4. The van der Waals surface area contributed by atoms with E-state index in [-0.39, 0.29) is 73.2 Å². The fourth-order valence-corrected chi connectivity index (χ4v) is 12.5. The number of nitrogens with zero attached hydrogens (tertiary/aromatic N) is 1. The number of hydrogen-bond donors (Lipinski definition) is 7. The average Bonchev–Trinajstić information content (AvgIpc) is 4.32. The molecule has 4 saturated carbocycles. The number of thiol groups is 1. The van der Waals surface area contributed by atoms with E-state index in [1.807, 2.05) is 18.2 Å². The molecule has 1 saturated heterocycles. The molecule has 79 heavy (non-hydrogen) atoms. The molecule has 0 bridgehead atoms. The fourth-order valence-electron chi connectivity index (χ4n) is 12.4. The van der Waals surface area contributed by atoms with Crippen molar-refractivity contribution >= 4 is 60.2 Å². The number of methoxy groups -OCH3 is 2. The minimum absolute atomic E-state index is 0.0176. The minimum Gasteiger partial charge on any atom is -0.481 e. The molecule has 1 heterocycles. The highest BCUT2D eigenvalue weighted by atomic mass is 32.1. The smallest absolute Gasteiger partial charge is 0.326 e. The molecule has 7 rings (SSSR count). The molecule has 21 heteroatoms. The van der Waals surface area contributed by atoms with Gasteiger partial charge in [-0.1, -0.05) is 38.7 Å². The van der Waals surface area contributed by atoms with Gasteiger partial charge in [0.25, 0.3) is 0 Å². The first kappa shape index (κ1) is 65.0. The Labute approximate surface area is 470 Å². The van der Waals surface area contributed by atoms with Gasteiger partial charge in [-0.05, 0) is 145 Å². The van der Waals surface area contributed by atoms with Crippen LogP contribution in [0.2, 0.25) is 0 Å². The molecule has 5 fully saturated rings. The number of aliphatic carboxylic acids is 4. The monoisotopic (exact) mass is 1130 g/mol. The topological polar surface area (TPSA) is 291 Å². The summed E-state index contributed by atoms with van der Waals surface area (Å²) in [5, 5.41) is 43.2. The first-order valence-corrected chi connectivity index (χ1v) is 29.4. The molecule has 4 atom stereocenters. The zero-order valence-corrected chi connectivity index (χ0v) is 47.7. The van der Waals surface area contributed by atoms with Gasteiger partial charge in [0.1, 0.15) is 11.8 Å². The van der Waals surface area contributed by atoms with Crippen molar-refractivity contribution in [1.29, 1.82) is 0 Å². The van der Waals surface area contributed by atoms with Crippen molar-refractivity contribution in [2.45, 2.75) is 173 Å². The summed E-state index contributed by atoms with van der Waals surface area (Å²) < 4.78 is 27.0. The van der Waals surface area contributed by atoms with Crippen LogP contribution in [0.4, 0.5) is 0 Å². The highest BCUT2D eigenvalue weighted by molar-refractivity contribution is 7.80. The SMILES string of the molecule is COCCOC[C@H](CC1(C(=O)N[C@H]2CC[C@@H](C(=O)O)CC2)CCCC1)C(=O)O.COCCOC[C@H](CC1(C(=O)N[C@H]2CC[C@@H](C(=O)O)CC2)CCCC1)C(=O)Oc1ccc2c(c1)CCC2.C[C@H](CS)C(=O)N1CCC[C@H]1C(=O)O. The largest absolute Gasteiger partial charge is 0.481 e. The van der Waals surface area contributed by atoms with Gasteiger partial charge in [0, 0.05) is 44.5 Å². The molecule has 5 aliphatic carbocycles. The lowest BCUT2D eigenvalue weighted by atomic mass is 9.76. The molecule has 0 unspecified atom stereocenters. The fraction of sp³-hybridized carbons (Fsp3) is 0.759. The lowest BCUT2D eigenvalue weighted by Crippen LogP contribution is -2.47. The van der Waals surface area contributed by atoms with Crippen LogP contribution >= 0.6 is 12.6 Å². The quantitative estimate of drug-likeness (QED) is 0.0218. The molecule has 1 aliphatic heterocycles. The highest BCUT2D eigenvalue weighted by Crippen LogP contribution is 2.46. The van der Waals surface area contributed by atoms with Gasteiger partial charge in [-0.15, -0.1) is 0 Å². The van der Waals surface area contributed by atoms with E-state index in [1.54, 1.807) is 21.1 Å². The summed E-state index contributed by atoms with van der Waals surface area (Å²) in [6.45, 7) is 4.09. The van der Waals surface area contributed by atoms with Crippen molar-refractivity contribution in [3.63, 3.8) is 0 Å². The summed E-state index contributed by atoms with van der Waals surface area (Å²) in [4.78, 5) is 98.2. The summed E-state index contributed by atoms with van der Waals surface area (Å²) in [6.07, 6.45) is 16.7. The minimum atomic E-state index is -0.946. The number of rotatable bonds is 26. The molecule has 6 N–H and O–H groups in total. The molecule has 0 radical (unpaired) electrons. The third kappa shape index (κ3) is 19.4. The van der Waals surface area contributed by atoms with Crippen LogP contribution in [0.5, 0.6) is 5.75 Å². The van der Waals surface area contributed by atoms with Crippen LogP contribution in [-0.4, -0.2) is 157 Å². The maximum absolute atomic E-state index is 13.6. The van der Waals surface area contributed by atoms with Crippen LogP contribution in [0.15, 0.2) is 18.2 Å². The summed E-state index contributed by atoms with van der Waals surface area (Å²) in [6, 6.07) is 5.20. The molecule has 6 aliphatic rings. The third-order valence-electron chi connectivity index (χ3n) is 17.2. The zero-order valence-electron chi connectivity index (χ0n) is 46.8. The Balaban J connectivity index is 0.000000240. The van der Waals surface area contributed by atoms with Gasteiger partial charge in [0.2, 0.25) is 17.7 Å². The Morgan fingerprint density at radius 3 is 1.56 bits per heavy atom. The van der Waals surface area contributed by atoms with E-state index >= 15 is 0 Å². The number of benzene rings is 1. The van der Waals surface area contributed by atoms with E-state index in [9.17, 15) is 48.6 Å². The molecule has 20 nitrogen and oxygen atoms in total. The van der Waals surface area contributed by atoms with E-state index in [2.05, 4.69) is 23.3 Å². The zero-order chi connectivity index (χ0) is 57.5. The second-order valence-electron chi connectivity index (χ2n) is 22.8. The van der Waals surface area contributed by atoms with Crippen LogP contribution in [-0.2, 0) is 70.1 Å². The molecule has 444 valence electrons. The molecule has 3 amide bonds. The van der Waals surface area contributed by atoms with E-state index in [0.29, 0.717) is 122 Å². The van der Waals surface area contributed by atoms with Crippen molar-refractivity contribution in [3.8, 4) is 5.75 Å². The maximum Gasteiger partial charge on any atom is 0.326 e. The summed E-state index contributed by atoms with van der Waals surface area (Å²) in [5.74, 6) is -5.06. The number of nitrogens with one attached hydrogen (secondary N) is 2. The van der Waals surface area contributed by atoms with E-state index in [0.717, 1.165) is 64.2 Å². The number of fused-ring (bicyclic) bond motifs is 1. The van der Waals surface area contributed by atoms with Gasteiger partial charge in [-0.25, -0.2) is 4.79 Å². The van der Waals surface area contributed by atoms with Crippen LogP contribution in [0, 0.1) is 40.4 Å². The standard InChI is InChI=1S/C29H41NO7.C20H33NO7.C9H15NO3S/c1-35-15-16-36-19-23(27(33)37-25-12-9-20-5-4-6-22(20)17-25)18-29(13-2-3-14-29)28(34)30-24-10-7-21(8-11-24)26(31)32;1-27-10-11-28-13-15(18(24)25)12-20(8-2-3-9-20)19(26)21-16-6-4-14(5-7-16)17(22)23;1-6(5-14)8(11)10-4-2-3-7(10)9(12)13/h9,12,17,21,23-24H,2-8,10-11,13-16,18-19H2,1H3,(H,30,34)(H,31,32);14-16H,2-13H2,1H3,(H,21,26)(H,22,23)(H,24,25);6-7,14H,2-5H2,1H3,(H,12,13)/t21-,23-,24+;14-,15-,16+;6-,7+/m001/s1. The lowest BCUT2D eigenvalue weighted by molar-refractivity contribution is -0.149. The summed E-state index contributed by atoms with van der Waals surface area (Å²) in [7, 11) is 3.16. The van der Waals surface area contributed by atoms with Gasteiger partial charge in [0.15, 0.2) is 0 Å². The number of esters is 1. The van der Waals surface area contributed by atoms with E-state index < -0.39 is 52.6 Å². The van der Waals surface area contributed by atoms with Crippen molar-refractivity contribution in [2.24, 2.45) is 40.4 Å². The first-order chi connectivity index (χ1) is 37.8. The van der Waals surface area contributed by atoms with Crippen molar-refractivity contribution in [3.05, 3.63) is 29.3 Å². The molecule has 0 spiro atoms. The normalized spacial score (nSPS) is 24.0. The number of amides is 3. The Hall–Kier alpha value is -4.83. The second-order valence-corrected chi connectivity index (χ2v) is 23.2. The number of carbonyl (C=O) groups is 8. The third-order valence-corrected chi connectivity index (χ3v) is 17.7. The highest BCUT2D eigenvalue weighted by Gasteiger charge is 2.47. The number of carboxylic acids is 4. The van der Waals surface area contributed by atoms with Gasteiger partial charge in [-0.3, -0.25) is 33.6 Å².